The Labute approximate surface area is 105 Å². The van der Waals surface area contributed by atoms with Crippen LogP contribution in [0.4, 0.5) is 4.79 Å². The molecule has 0 radical (unpaired) electrons. The SMILES string of the molecule is CC(C)(C)OC(=O)[AsH]C1CCNCC1.Cl. The molecule has 0 aromatic rings. The van der Waals surface area contributed by atoms with Gasteiger partial charge in [0.2, 0.25) is 0 Å². The molecule has 0 aromatic carbocycles. The Balaban J connectivity index is 0.00000196. The number of rotatable bonds is 2. The zero-order valence-corrected chi connectivity index (χ0v) is 12.5. The van der Waals surface area contributed by atoms with Gasteiger partial charge >= 0.3 is 92.4 Å². The van der Waals surface area contributed by atoms with Gasteiger partial charge in [-0.05, 0) is 0 Å². The van der Waals surface area contributed by atoms with Crippen molar-refractivity contribution in [2.24, 2.45) is 0 Å². The Bertz CT molecular complexity index is 200. The molecule has 1 aliphatic heterocycles. The summed E-state index contributed by atoms with van der Waals surface area (Å²) in [5.74, 6) is 0. The summed E-state index contributed by atoms with van der Waals surface area (Å²) in [5, 5.41) is 3.30. The molecule has 0 bridgehead atoms. The predicted molar refractivity (Wildman–Crippen MR) is 66.5 cm³/mol. The van der Waals surface area contributed by atoms with Crippen molar-refractivity contribution < 1.29 is 9.53 Å². The molecule has 1 aliphatic rings. The van der Waals surface area contributed by atoms with Gasteiger partial charge in [-0.1, -0.05) is 0 Å². The quantitative estimate of drug-likeness (QED) is 0.792. The molecule has 0 aromatic heterocycles. The van der Waals surface area contributed by atoms with Gasteiger partial charge < -0.3 is 0 Å². The second kappa shape index (κ2) is 6.77. The summed E-state index contributed by atoms with van der Waals surface area (Å²) in [6.07, 6.45) is 2.30. The average molecular weight is 298 g/mol. The number of piperidine rings is 1. The van der Waals surface area contributed by atoms with Crippen LogP contribution in [-0.2, 0) is 4.74 Å². The van der Waals surface area contributed by atoms with Gasteiger partial charge in [0, 0.05) is 0 Å². The molecule has 1 saturated heterocycles. The molecule has 0 amide bonds. The maximum absolute atomic E-state index is 11.5. The van der Waals surface area contributed by atoms with E-state index in [0.717, 1.165) is 25.9 Å². The molecule has 1 heterocycles. The van der Waals surface area contributed by atoms with Crippen molar-refractivity contribution in [3.8, 4) is 0 Å². The van der Waals surface area contributed by atoms with E-state index in [4.69, 9.17) is 4.74 Å². The average Bonchev–Trinajstić information content (AvgIpc) is 2.02. The van der Waals surface area contributed by atoms with Gasteiger partial charge in [0.25, 0.3) is 0 Å². The third-order valence-electron chi connectivity index (χ3n) is 2.06. The van der Waals surface area contributed by atoms with Crippen molar-refractivity contribution >= 4 is 32.9 Å². The minimum absolute atomic E-state index is 0. The van der Waals surface area contributed by atoms with E-state index in [1.807, 2.05) is 20.8 Å². The van der Waals surface area contributed by atoms with Gasteiger partial charge in [0.1, 0.15) is 0 Å². The molecule has 90 valence electrons. The summed E-state index contributed by atoms with van der Waals surface area (Å²) in [6.45, 7) is 7.92. The topological polar surface area (TPSA) is 38.3 Å². The predicted octanol–water partition coefficient (Wildman–Crippen LogP) is 1.95. The van der Waals surface area contributed by atoms with Crippen molar-refractivity contribution in [2.75, 3.05) is 13.1 Å². The van der Waals surface area contributed by atoms with Crippen molar-refractivity contribution in [1.82, 2.24) is 5.32 Å². The van der Waals surface area contributed by atoms with Crippen LogP contribution >= 0.6 is 12.4 Å². The number of nitrogens with one attached hydrogen (secondary N) is 1. The van der Waals surface area contributed by atoms with Crippen molar-refractivity contribution in [1.29, 1.82) is 0 Å². The molecular weight excluding hydrogens is 276 g/mol. The third kappa shape index (κ3) is 7.21. The molecular formula is C10H21AsClNO2. The van der Waals surface area contributed by atoms with Crippen molar-refractivity contribution in [2.45, 2.75) is 43.9 Å². The second-order valence-corrected chi connectivity index (χ2v) is 7.85. The Morgan fingerprint density at radius 1 is 1.33 bits per heavy atom. The Morgan fingerprint density at radius 3 is 2.33 bits per heavy atom. The zero-order chi connectivity index (χ0) is 10.6. The first-order chi connectivity index (χ1) is 6.47. The molecule has 15 heavy (non-hydrogen) atoms. The molecule has 1 atom stereocenters. The number of hydrogen-bond donors (Lipinski definition) is 1. The molecule has 0 spiro atoms. The number of carbonyl (C=O) groups excluding carboxylic acids is 1. The van der Waals surface area contributed by atoms with Crippen molar-refractivity contribution in [3.63, 3.8) is 0 Å². The maximum Gasteiger partial charge on any atom is -0.147 e. The molecule has 3 nitrogen and oxygen atoms in total. The minimum Gasteiger partial charge on any atom is -0.147 e. The fourth-order valence-electron chi connectivity index (χ4n) is 1.44. The number of halogens is 1. The Morgan fingerprint density at radius 2 is 1.87 bits per heavy atom. The van der Waals surface area contributed by atoms with Crippen LogP contribution < -0.4 is 5.32 Å². The van der Waals surface area contributed by atoms with E-state index < -0.39 is 15.8 Å². The first-order valence-electron chi connectivity index (χ1n) is 5.17. The first kappa shape index (κ1) is 15.3. The van der Waals surface area contributed by atoms with Gasteiger partial charge in [-0.2, -0.15) is 0 Å². The second-order valence-electron chi connectivity index (χ2n) is 4.67. The van der Waals surface area contributed by atoms with Gasteiger partial charge in [-0.25, -0.2) is 0 Å². The van der Waals surface area contributed by atoms with Crippen molar-refractivity contribution in [3.05, 3.63) is 0 Å². The van der Waals surface area contributed by atoms with E-state index in [-0.39, 0.29) is 22.8 Å². The monoisotopic (exact) mass is 297 g/mol. The fraction of sp³-hybridized carbons (Fsp3) is 0.900. The Hall–Kier alpha value is 0.278. The molecule has 1 rings (SSSR count). The van der Waals surface area contributed by atoms with E-state index in [2.05, 4.69) is 5.32 Å². The molecule has 5 heteroatoms. The van der Waals surface area contributed by atoms with Crippen LogP contribution in [0.25, 0.3) is 0 Å². The van der Waals surface area contributed by atoms with E-state index in [0.29, 0.717) is 4.71 Å². The van der Waals surface area contributed by atoms with E-state index >= 15 is 0 Å². The molecule has 0 saturated carbocycles. The van der Waals surface area contributed by atoms with Crippen LogP contribution in [0, 0.1) is 0 Å². The normalized spacial score (nSPS) is 18.9. The standard InChI is InChI=1S/C10H20AsNO2.ClH/c1-10(2,3)14-9(13)11-8-4-6-12-7-5-8;/h8,11-12H,4-7H2,1-3H3;1H. The number of ether oxygens (including phenoxy) is 1. The summed E-state index contributed by atoms with van der Waals surface area (Å²) in [6, 6.07) is 0. The van der Waals surface area contributed by atoms with Gasteiger partial charge in [-0.15, -0.1) is 12.4 Å². The van der Waals surface area contributed by atoms with Crippen LogP contribution in [0.2, 0.25) is 4.71 Å². The fourth-order valence-corrected chi connectivity index (χ4v) is 4.12. The van der Waals surface area contributed by atoms with Gasteiger partial charge in [0.15, 0.2) is 0 Å². The number of hydrogen-bond acceptors (Lipinski definition) is 3. The summed E-state index contributed by atoms with van der Waals surface area (Å²) < 4.78 is 6.05. The van der Waals surface area contributed by atoms with Crippen LogP contribution in [-0.4, -0.2) is 39.2 Å². The first-order valence-corrected chi connectivity index (χ1v) is 7.44. The van der Waals surface area contributed by atoms with Crippen LogP contribution in [0.1, 0.15) is 33.6 Å². The summed E-state index contributed by atoms with van der Waals surface area (Å²) in [4.78, 5) is 11.5. The molecule has 1 unspecified atom stereocenters. The van der Waals surface area contributed by atoms with Crippen LogP contribution in [0.3, 0.4) is 0 Å². The van der Waals surface area contributed by atoms with Gasteiger partial charge in [-0.3, -0.25) is 0 Å². The molecule has 1 fully saturated rings. The summed E-state index contributed by atoms with van der Waals surface area (Å²) >= 11 is -0.564. The maximum atomic E-state index is 11.5. The van der Waals surface area contributed by atoms with E-state index in [9.17, 15) is 4.79 Å². The zero-order valence-electron chi connectivity index (χ0n) is 9.63. The summed E-state index contributed by atoms with van der Waals surface area (Å²) in [5.41, 5.74) is -0.312. The largest absolute Gasteiger partial charge is 0.147 e. The summed E-state index contributed by atoms with van der Waals surface area (Å²) in [7, 11) is 0. The van der Waals surface area contributed by atoms with E-state index in [1.165, 1.54) is 0 Å². The molecule has 1 N–H and O–H groups in total. The Kier molecular flexibility index (Phi) is 6.90. The third-order valence-corrected chi connectivity index (χ3v) is 4.84. The van der Waals surface area contributed by atoms with Crippen LogP contribution in [0.5, 0.6) is 0 Å². The van der Waals surface area contributed by atoms with Crippen LogP contribution in [0.15, 0.2) is 0 Å². The molecule has 0 aliphatic carbocycles. The number of carbonyl (C=O) groups is 1. The minimum atomic E-state index is -0.564. The smallest absolute Gasteiger partial charge is 0.147 e. The van der Waals surface area contributed by atoms with Gasteiger partial charge in [0.05, 0.1) is 0 Å². The van der Waals surface area contributed by atoms with E-state index in [1.54, 1.807) is 0 Å².